The van der Waals surface area contributed by atoms with Gasteiger partial charge in [0.2, 0.25) is 0 Å². The smallest absolute Gasteiger partial charge is 0.150 e. The molecule has 0 saturated carbocycles. The quantitative estimate of drug-likeness (QED) is 0.625. The molecule has 3 nitrogen and oxygen atoms in total. The van der Waals surface area contributed by atoms with Crippen molar-refractivity contribution in [2.45, 2.75) is 53.9 Å². The van der Waals surface area contributed by atoms with Crippen LogP contribution in [0, 0.1) is 11.3 Å². The highest BCUT2D eigenvalue weighted by molar-refractivity contribution is 7.91. The lowest BCUT2D eigenvalue weighted by atomic mass is 9.86. The van der Waals surface area contributed by atoms with Gasteiger partial charge in [0.05, 0.1) is 5.75 Å². The number of nitrogens with one attached hydrogen (secondary N) is 1. The molecule has 18 heavy (non-hydrogen) atoms. The normalized spacial score (nSPS) is 13.2. The van der Waals surface area contributed by atoms with Crippen molar-refractivity contribution < 1.29 is 8.42 Å². The van der Waals surface area contributed by atoms with Gasteiger partial charge in [-0.25, -0.2) is 8.42 Å². The van der Waals surface area contributed by atoms with Crippen LogP contribution in [0.3, 0.4) is 0 Å². The molecular weight excluding hydrogens is 246 g/mol. The molecule has 0 aromatic carbocycles. The van der Waals surface area contributed by atoms with Crippen LogP contribution >= 0.6 is 0 Å². The van der Waals surface area contributed by atoms with Gasteiger partial charge in [0.15, 0.2) is 0 Å². The fraction of sp³-hybridized carbons (Fsp3) is 1.00. The molecule has 0 spiro atoms. The van der Waals surface area contributed by atoms with Crippen LogP contribution in [0.4, 0.5) is 0 Å². The predicted molar refractivity (Wildman–Crippen MR) is 79.7 cm³/mol. The van der Waals surface area contributed by atoms with Gasteiger partial charge >= 0.3 is 0 Å². The van der Waals surface area contributed by atoms with Gasteiger partial charge in [0.1, 0.15) is 9.84 Å². The second-order valence-electron chi connectivity index (χ2n) is 6.41. The fourth-order valence-corrected chi connectivity index (χ4v) is 3.48. The number of hydrogen-bond acceptors (Lipinski definition) is 3. The third-order valence-electron chi connectivity index (χ3n) is 3.14. The molecule has 0 aromatic rings. The molecule has 0 fully saturated rings. The van der Waals surface area contributed by atoms with Crippen molar-refractivity contribution in [1.82, 2.24) is 5.32 Å². The number of sulfone groups is 1. The van der Waals surface area contributed by atoms with Crippen LogP contribution in [0.1, 0.15) is 53.9 Å². The van der Waals surface area contributed by atoms with Crippen molar-refractivity contribution in [3.63, 3.8) is 0 Å². The molecule has 0 amide bonds. The maximum Gasteiger partial charge on any atom is 0.150 e. The molecule has 0 aliphatic rings. The molecule has 0 heterocycles. The Morgan fingerprint density at radius 1 is 1.11 bits per heavy atom. The summed E-state index contributed by atoms with van der Waals surface area (Å²) >= 11 is 0. The summed E-state index contributed by atoms with van der Waals surface area (Å²) in [5.74, 6) is 1.32. The molecule has 0 aliphatic heterocycles. The van der Waals surface area contributed by atoms with Gasteiger partial charge in [-0.3, -0.25) is 0 Å². The highest BCUT2D eigenvalue weighted by atomic mass is 32.2. The Hall–Kier alpha value is -0.0900. The zero-order valence-electron chi connectivity index (χ0n) is 12.8. The zero-order chi connectivity index (χ0) is 14.2. The lowest BCUT2D eigenvalue weighted by molar-refractivity contribution is 0.313. The standard InChI is InChI=1S/C14H31NO2S/c1-6-10-18(16,17)11-8-14(4,5)7-9-15-12-13(2)3/h13,15H,6-12H2,1-5H3. The Morgan fingerprint density at radius 2 is 1.72 bits per heavy atom. The van der Waals surface area contributed by atoms with Crippen molar-refractivity contribution >= 4 is 9.84 Å². The SMILES string of the molecule is CCCS(=O)(=O)CCC(C)(C)CCNCC(C)C. The second-order valence-corrected chi connectivity index (χ2v) is 8.72. The van der Waals surface area contributed by atoms with Crippen molar-refractivity contribution in [3.05, 3.63) is 0 Å². The van der Waals surface area contributed by atoms with E-state index < -0.39 is 9.84 Å². The van der Waals surface area contributed by atoms with E-state index in [0.717, 1.165) is 32.4 Å². The van der Waals surface area contributed by atoms with E-state index in [4.69, 9.17) is 0 Å². The topological polar surface area (TPSA) is 46.2 Å². The summed E-state index contributed by atoms with van der Waals surface area (Å²) in [7, 11) is -2.83. The first-order valence-electron chi connectivity index (χ1n) is 7.09. The first-order chi connectivity index (χ1) is 8.18. The van der Waals surface area contributed by atoms with Crippen molar-refractivity contribution in [2.75, 3.05) is 24.6 Å². The molecule has 1 N–H and O–H groups in total. The van der Waals surface area contributed by atoms with Gasteiger partial charge < -0.3 is 5.32 Å². The molecule has 0 bridgehead atoms. The maximum atomic E-state index is 11.7. The van der Waals surface area contributed by atoms with Gasteiger partial charge in [-0.2, -0.15) is 0 Å². The highest BCUT2D eigenvalue weighted by Gasteiger charge is 2.21. The third kappa shape index (κ3) is 9.89. The Kier molecular flexibility index (Phi) is 8.11. The maximum absolute atomic E-state index is 11.7. The summed E-state index contributed by atoms with van der Waals surface area (Å²) in [6, 6.07) is 0. The number of rotatable bonds is 10. The monoisotopic (exact) mass is 277 g/mol. The van der Waals surface area contributed by atoms with E-state index >= 15 is 0 Å². The van der Waals surface area contributed by atoms with Crippen LogP contribution in [0.15, 0.2) is 0 Å². The van der Waals surface area contributed by atoms with Crippen LogP contribution in [0.5, 0.6) is 0 Å². The molecule has 0 aliphatic carbocycles. The van der Waals surface area contributed by atoms with Crippen molar-refractivity contribution in [3.8, 4) is 0 Å². The van der Waals surface area contributed by atoms with Gasteiger partial charge in [-0.05, 0) is 43.7 Å². The van der Waals surface area contributed by atoms with Crippen LogP contribution < -0.4 is 5.32 Å². The van der Waals surface area contributed by atoms with E-state index in [9.17, 15) is 8.42 Å². The summed E-state index contributed by atoms with van der Waals surface area (Å²) in [6.07, 6.45) is 2.51. The number of hydrogen-bond donors (Lipinski definition) is 1. The van der Waals surface area contributed by atoms with Crippen LogP contribution in [-0.2, 0) is 9.84 Å². The van der Waals surface area contributed by atoms with Gasteiger partial charge in [0, 0.05) is 5.75 Å². The Labute approximate surface area is 114 Å². The van der Waals surface area contributed by atoms with E-state index in [1.807, 2.05) is 6.92 Å². The summed E-state index contributed by atoms with van der Waals surface area (Å²) in [5.41, 5.74) is 0.102. The summed E-state index contributed by atoms with van der Waals surface area (Å²) in [4.78, 5) is 0. The lowest BCUT2D eigenvalue weighted by Crippen LogP contribution is -2.27. The van der Waals surface area contributed by atoms with Crippen LogP contribution in [0.25, 0.3) is 0 Å². The molecule has 0 atom stereocenters. The van der Waals surface area contributed by atoms with Gasteiger partial charge in [-0.1, -0.05) is 34.6 Å². The molecule has 0 aromatic heterocycles. The zero-order valence-corrected chi connectivity index (χ0v) is 13.6. The Bertz CT molecular complexity index is 308. The average molecular weight is 277 g/mol. The molecular formula is C14H31NO2S. The van der Waals surface area contributed by atoms with E-state index in [1.165, 1.54) is 0 Å². The highest BCUT2D eigenvalue weighted by Crippen LogP contribution is 2.25. The van der Waals surface area contributed by atoms with Crippen LogP contribution in [-0.4, -0.2) is 33.0 Å². The molecule has 4 heteroatoms. The van der Waals surface area contributed by atoms with Crippen molar-refractivity contribution in [1.29, 1.82) is 0 Å². The molecule has 0 saturated heterocycles. The lowest BCUT2D eigenvalue weighted by Gasteiger charge is -2.25. The van der Waals surface area contributed by atoms with Crippen molar-refractivity contribution in [2.24, 2.45) is 11.3 Å². The fourth-order valence-electron chi connectivity index (χ4n) is 1.79. The molecule has 0 radical (unpaired) electrons. The Morgan fingerprint density at radius 3 is 2.22 bits per heavy atom. The van der Waals surface area contributed by atoms with Gasteiger partial charge in [0.25, 0.3) is 0 Å². The summed E-state index contributed by atoms with van der Waals surface area (Å²) < 4.78 is 23.4. The van der Waals surface area contributed by atoms with E-state index in [2.05, 4.69) is 33.0 Å². The second kappa shape index (κ2) is 8.16. The van der Waals surface area contributed by atoms with E-state index in [1.54, 1.807) is 0 Å². The van der Waals surface area contributed by atoms with Gasteiger partial charge in [-0.15, -0.1) is 0 Å². The van der Waals surface area contributed by atoms with E-state index in [-0.39, 0.29) is 5.41 Å². The first kappa shape index (κ1) is 17.9. The Balaban J connectivity index is 3.93. The minimum Gasteiger partial charge on any atom is -0.316 e. The largest absolute Gasteiger partial charge is 0.316 e. The molecule has 110 valence electrons. The average Bonchev–Trinajstić information content (AvgIpc) is 2.22. The minimum absolute atomic E-state index is 0.102. The summed E-state index contributed by atoms with van der Waals surface area (Å²) in [5, 5.41) is 3.41. The first-order valence-corrected chi connectivity index (χ1v) is 8.92. The third-order valence-corrected chi connectivity index (χ3v) is 4.99. The minimum atomic E-state index is -2.83. The molecule has 0 rings (SSSR count). The van der Waals surface area contributed by atoms with Crippen LogP contribution in [0.2, 0.25) is 0 Å². The summed E-state index contributed by atoms with van der Waals surface area (Å²) in [6.45, 7) is 12.6. The molecule has 0 unspecified atom stereocenters. The van der Waals surface area contributed by atoms with E-state index in [0.29, 0.717) is 17.4 Å². The predicted octanol–water partition coefficient (Wildman–Crippen LogP) is 2.86.